The molecule has 84 valence electrons. The van der Waals surface area contributed by atoms with Crippen LogP contribution >= 0.6 is 27.7 Å². The first-order valence-electron chi connectivity index (χ1n) is 5.04. The predicted octanol–water partition coefficient (Wildman–Crippen LogP) is 3.69. The lowest BCUT2D eigenvalue weighted by molar-refractivity contribution is 0.969. The summed E-state index contributed by atoms with van der Waals surface area (Å²) < 4.78 is 0. The molecule has 0 bridgehead atoms. The quantitative estimate of drug-likeness (QED) is 0.760. The van der Waals surface area contributed by atoms with E-state index >= 15 is 0 Å². The second-order valence-corrected chi connectivity index (χ2v) is 5.23. The third-order valence-corrected chi connectivity index (χ3v) is 3.62. The van der Waals surface area contributed by atoms with Crippen LogP contribution in [0.1, 0.15) is 11.1 Å². The molecule has 1 rings (SSSR count). The number of nitrogens with zero attached hydrogens (tertiary/aromatic N) is 1. The number of rotatable bonds is 5. The van der Waals surface area contributed by atoms with Crippen molar-refractivity contribution in [1.29, 1.82) is 0 Å². The van der Waals surface area contributed by atoms with E-state index < -0.39 is 0 Å². The van der Waals surface area contributed by atoms with Gasteiger partial charge in [0.05, 0.1) is 0 Å². The van der Waals surface area contributed by atoms with Crippen LogP contribution in [0.15, 0.2) is 18.2 Å². The minimum Gasteiger partial charge on any atom is -0.374 e. The summed E-state index contributed by atoms with van der Waals surface area (Å²) >= 11 is 5.43. The molecule has 0 aliphatic rings. The number of anilines is 1. The summed E-state index contributed by atoms with van der Waals surface area (Å²) in [7, 11) is 2.16. The lowest BCUT2D eigenvalue weighted by Crippen LogP contribution is -2.21. The van der Waals surface area contributed by atoms with Crippen LogP contribution in [-0.4, -0.2) is 25.6 Å². The van der Waals surface area contributed by atoms with Gasteiger partial charge in [0, 0.05) is 30.4 Å². The van der Waals surface area contributed by atoms with Gasteiger partial charge in [-0.15, -0.1) is 0 Å². The molecule has 1 aromatic carbocycles. The first-order valence-corrected chi connectivity index (χ1v) is 7.56. The number of alkyl halides is 1. The van der Waals surface area contributed by atoms with E-state index in [2.05, 4.69) is 59.3 Å². The van der Waals surface area contributed by atoms with Crippen molar-refractivity contribution in [3.05, 3.63) is 29.3 Å². The van der Waals surface area contributed by atoms with E-state index in [1.165, 1.54) is 22.6 Å². The van der Waals surface area contributed by atoms with Crippen molar-refractivity contribution in [2.45, 2.75) is 12.3 Å². The van der Waals surface area contributed by atoms with Crippen LogP contribution in [0.4, 0.5) is 5.69 Å². The molecule has 0 aliphatic heterocycles. The normalized spacial score (nSPS) is 10.4. The largest absolute Gasteiger partial charge is 0.374 e. The van der Waals surface area contributed by atoms with Crippen molar-refractivity contribution in [2.24, 2.45) is 0 Å². The highest BCUT2D eigenvalue weighted by Crippen LogP contribution is 2.23. The molecule has 0 aliphatic carbocycles. The summed E-state index contributed by atoms with van der Waals surface area (Å²) in [6.45, 7) is 3.24. The summed E-state index contributed by atoms with van der Waals surface area (Å²) in [6.07, 6.45) is 2.15. The van der Waals surface area contributed by atoms with Crippen LogP contribution in [0.25, 0.3) is 0 Å². The zero-order chi connectivity index (χ0) is 11.3. The number of aryl methyl sites for hydroxylation is 1. The molecular weight excluding hydrogens is 270 g/mol. The number of hydrogen-bond donors (Lipinski definition) is 0. The number of thioether (sulfide) groups is 1. The highest BCUT2D eigenvalue weighted by atomic mass is 79.9. The molecule has 0 atom stereocenters. The Morgan fingerprint density at radius 1 is 1.40 bits per heavy atom. The van der Waals surface area contributed by atoms with Gasteiger partial charge in [0.1, 0.15) is 0 Å². The monoisotopic (exact) mass is 287 g/mol. The van der Waals surface area contributed by atoms with E-state index in [0.717, 1.165) is 11.9 Å². The summed E-state index contributed by atoms with van der Waals surface area (Å²) in [5, 5.41) is 0.924. The molecule has 0 saturated carbocycles. The topological polar surface area (TPSA) is 3.24 Å². The van der Waals surface area contributed by atoms with E-state index in [-0.39, 0.29) is 0 Å². The standard InChI is InChI=1S/C12H18BrNS/c1-10-4-5-12(11(8-10)9-13)14(2)6-7-15-3/h4-5,8H,6-7,9H2,1-3H3. The minimum atomic E-state index is 0.924. The van der Waals surface area contributed by atoms with Gasteiger partial charge in [-0.25, -0.2) is 0 Å². The van der Waals surface area contributed by atoms with Crippen LogP contribution in [-0.2, 0) is 5.33 Å². The van der Waals surface area contributed by atoms with Crippen LogP contribution in [0.5, 0.6) is 0 Å². The zero-order valence-corrected chi connectivity index (χ0v) is 12.0. The molecule has 0 saturated heterocycles. The van der Waals surface area contributed by atoms with E-state index in [4.69, 9.17) is 0 Å². The van der Waals surface area contributed by atoms with Crippen molar-refractivity contribution in [3.63, 3.8) is 0 Å². The number of halogens is 1. The molecule has 0 fully saturated rings. The van der Waals surface area contributed by atoms with Gasteiger partial charge in [0.15, 0.2) is 0 Å². The maximum absolute atomic E-state index is 3.55. The van der Waals surface area contributed by atoms with Gasteiger partial charge in [0.25, 0.3) is 0 Å². The third kappa shape index (κ3) is 3.72. The van der Waals surface area contributed by atoms with Gasteiger partial charge in [-0.3, -0.25) is 0 Å². The van der Waals surface area contributed by atoms with Gasteiger partial charge in [0.2, 0.25) is 0 Å². The zero-order valence-electron chi connectivity index (χ0n) is 9.59. The molecule has 0 heterocycles. The summed E-state index contributed by atoms with van der Waals surface area (Å²) in [4.78, 5) is 2.33. The molecule has 0 amide bonds. The SMILES string of the molecule is CSCCN(C)c1ccc(C)cc1CBr. The number of benzene rings is 1. The Bertz CT molecular complexity index is 314. The van der Waals surface area contributed by atoms with Crippen molar-refractivity contribution < 1.29 is 0 Å². The van der Waals surface area contributed by atoms with Gasteiger partial charge in [-0.2, -0.15) is 11.8 Å². The minimum absolute atomic E-state index is 0.924. The van der Waals surface area contributed by atoms with Crippen LogP contribution in [0, 0.1) is 6.92 Å². The molecule has 0 unspecified atom stereocenters. The van der Waals surface area contributed by atoms with Crippen molar-refractivity contribution in [2.75, 3.05) is 30.5 Å². The highest BCUT2D eigenvalue weighted by molar-refractivity contribution is 9.08. The van der Waals surface area contributed by atoms with Crippen LogP contribution in [0.3, 0.4) is 0 Å². The van der Waals surface area contributed by atoms with E-state index in [1.807, 2.05) is 11.8 Å². The fourth-order valence-corrected chi connectivity index (χ4v) is 2.45. The Kier molecular flexibility index (Phi) is 5.54. The molecule has 1 aromatic rings. The summed E-state index contributed by atoms with van der Waals surface area (Å²) in [5.41, 5.74) is 4.04. The molecule has 0 radical (unpaired) electrons. The average molecular weight is 288 g/mol. The van der Waals surface area contributed by atoms with Gasteiger partial charge in [-0.05, 0) is 24.8 Å². The van der Waals surface area contributed by atoms with Crippen molar-refractivity contribution in [3.8, 4) is 0 Å². The first-order chi connectivity index (χ1) is 7.19. The third-order valence-electron chi connectivity index (χ3n) is 2.42. The Balaban J connectivity index is 2.82. The fraction of sp³-hybridized carbons (Fsp3) is 0.500. The molecule has 0 N–H and O–H groups in total. The van der Waals surface area contributed by atoms with Gasteiger partial charge < -0.3 is 4.90 Å². The average Bonchev–Trinajstić information content (AvgIpc) is 2.25. The predicted molar refractivity (Wildman–Crippen MR) is 75.5 cm³/mol. The molecule has 3 heteroatoms. The van der Waals surface area contributed by atoms with E-state index in [0.29, 0.717) is 0 Å². The fourth-order valence-electron chi connectivity index (χ4n) is 1.54. The second kappa shape index (κ2) is 6.44. The number of hydrogen-bond acceptors (Lipinski definition) is 2. The maximum Gasteiger partial charge on any atom is 0.0405 e. The summed E-state index contributed by atoms with van der Waals surface area (Å²) in [5.74, 6) is 1.17. The Hall–Kier alpha value is -0.150. The van der Waals surface area contributed by atoms with Crippen molar-refractivity contribution in [1.82, 2.24) is 0 Å². The Morgan fingerprint density at radius 2 is 2.13 bits per heavy atom. The van der Waals surface area contributed by atoms with E-state index in [9.17, 15) is 0 Å². The van der Waals surface area contributed by atoms with Gasteiger partial charge >= 0.3 is 0 Å². The summed E-state index contributed by atoms with van der Waals surface area (Å²) in [6, 6.07) is 6.64. The molecule has 15 heavy (non-hydrogen) atoms. The molecule has 0 spiro atoms. The van der Waals surface area contributed by atoms with E-state index in [1.54, 1.807) is 0 Å². The lowest BCUT2D eigenvalue weighted by Gasteiger charge is -2.21. The Labute approximate surface area is 105 Å². The van der Waals surface area contributed by atoms with Crippen LogP contribution < -0.4 is 4.90 Å². The van der Waals surface area contributed by atoms with Crippen LogP contribution in [0.2, 0.25) is 0 Å². The lowest BCUT2D eigenvalue weighted by atomic mass is 10.1. The Morgan fingerprint density at radius 3 is 2.73 bits per heavy atom. The smallest absolute Gasteiger partial charge is 0.0405 e. The highest BCUT2D eigenvalue weighted by Gasteiger charge is 2.06. The molecule has 1 nitrogen and oxygen atoms in total. The second-order valence-electron chi connectivity index (χ2n) is 3.68. The molecular formula is C12H18BrNS. The van der Waals surface area contributed by atoms with Gasteiger partial charge in [-0.1, -0.05) is 33.6 Å². The maximum atomic E-state index is 3.55. The van der Waals surface area contributed by atoms with Crippen molar-refractivity contribution >= 4 is 33.4 Å². The first kappa shape index (κ1) is 12.9. The molecule has 0 aromatic heterocycles.